The largest absolute Gasteiger partial charge is 0.298 e. The minimum absolute atomic E-state index is 0.0684. The highest BCUT2D eigenvalue weighted by Crippen LogP contribution is 2.05. The molecule has 0 fully saturated rings. The van der Waals surface area contributed by atoms with Gasteiger partial charge in [-0.25, -0.2) is 0 Å². The van der Waals surface area contributed by atoms with Crippen molar-refractivity contribution in [2.75, 3.05) is 0 Å². The normalized spacial score (nSPS) is 12.1. The Labute approximate surface area is 78.3 Å². The molecule has 2 nitrogen and oxygen atoms in total. The molecule has 0 aliphatic heterocycles. The van der Waals surface area contributed by atoms with Crippen LogP contribution in [0.2, 0.25) is 0 Å². The van der Waals surface area contributed by atoms with Gasteiger partial charge in [0, 0.05) is 6.42 Å². The van der Waals surface area contributed by atoms with Gasteiger partial charge in [-0.1, -0.05) is 30.3 Å². The van der Waals surface area contributed by atoms with Crippen LogP contribution in [0.1, 0.15) is 12.5 Å². The molecular weight excluding hydrogens is 162 g/mol. The Kier molecular flexibility index (Phi) is 3.38. The standard InChI is InChI=1S/C11H13NO/c1-9(13)11(12-2)8-10-6-4-3-5-7-10/h3-7,11H,2,8H2,1H3. The monoisotopic (exact) mass is 175 g/mol. The van der Waals surface area contributed by atoms with Gasteiger partial charge in [0.25, 0.3) is 0 Å². The Hall–Kier alpha value is -1.44. The maximum Gasteiger partial charge on any atom is 0.154 e. The number of carbonyl (C=O) groups is 1. The lowest BCUT2D eigenvalue weighted by atomic mass is 10.0. The molecule has 1 aromatic rings. The number of hydrogen-bond donors (Lipinski definition) is 0. The first kappa shape index (κ1) is 9.65. The van der Waals surface area contributed by atoms with Gasteiger partial charge in [0.2, 0.25) is 0 Å². The van der Waals surface area contributed by atoms with E-state index in [9.17, 15) is 4.79 Å². The Bertz CT molecular complexity index is 292. The van der Waals surface area contributed by atoms with Gasteiger partial charge >= 0.3 is 0 Å². The van der Waals surface area contributed by atoms with Crippen molar-refractivity contribution in [3.63, 3.8) is 0 Å². The predicted octanol–water partition coefficient (Wildman–Crippen LogP) is 1.89. The van der Waals surface area contributed by atoms with Crippen molar-refractivity contribution in [1.29, 1.82) is 0 Å². The summed E-state index contributed by atoms with van der Waals surface area (Å²) in [6.45, 7) is 4.95. The minimum Gasteiger partial charge on any atom is -0.298 e. The molecule has 0 aliphatic rings. The summed E-state index contributed by atoms with van der Waals surface area (Å²) in [7, 11) is 0. The van der Waals surface area contributed by atoms with Crippen molar-refractivity contribution >= 4 is 12.5 Å². The summed E-state index contributed by atoms with van der Waals surface area (Å²) in [5, 5.41) is 0. The highest BCUT2D eigenvalue weighted by Gasteiger charge is 2.10. The molecule has 0 radical (unpaired) electrons. The van der Waals surface area contributed by atoms with Gasteiger partial charge in [-0.3, -0.25) is 9.79 Å². The first-order valence-electron chi connectivity index (χ1n) is 4.24. The van der Waals surface area contributed by atoms with Gasteiger partial charge in [-0.15, -0.1) is 0 Å². The van der Waals surface area contributed by atoms with Crippen LogP contribution in [0.25, 0.3) is 0 Å². The summed E-state index contributed by atoms with van der Waals surface area (Å²) in [5.74, 6) is 0.0684. The fourth-order valence-corrected chi connectivity index (χ4v) is 1.17. The van der Waals surface area contributed by atoms with Crippen LogP contribution < -0.4 is 0 Å². The molecule has 1 aromatic carbocycles. The topological polar surface area (TPSA) is 29.4 Å². The van der Waals surface area contributed by atoms with Crippen LogP contribution in [-0.4, -0.2) is 18.5 Å². The number of aliphatic imine (C=N–C) groups is 1. The first-order valence-corrected chi connectivity index (χ1v) is 4.24. The minimum atomic E-state index is -0.289. The van der Waals surface area contributed by atoms with Crippen LogP contribution in [0.4, 0.5) is 0 Å². The van der Waals surface area contributed by atoms with E-state index in [1.165, 1.54) is 0 Å². The maximum absolute atomic E-state index is 11.0. The molecule has 0 saturated carbocycles. The zero-order valence-electron chi connectivity index (χ0n) is 7.73. The lowest BCUT2D eigenvalue weighted by Gasteiger charge is -2.07. The second-order valence-electron chi connectivity index (χ2n) is 3.00. The Morgan fingerprint density at radius 3 is 2.54 bits per heavy atom. The average Bonchev–Trinajstić information content (AvgIpc) is 2.15. The molecule has 0 spiro atoms. The average molecular weight is 175 g/mol. The van der Waals surface area contributed by atoms with Gasteiger partial charge in [0.15, 0.2) is 5.78 Å². The van der Waals surface area contributed by atoms with Crippen molar-refractivity contribution in [2.24, 2.45) is 4.99 Å². The molecule has 1 unspecified atom stereocenters. The molecule has 68 valence electrons. The number of nitrogens with zero attached hydrogens (tertiary/aromatic N) is 1. The van der Waals surface area contributed by atoms with E-state index < -0.39 is 0 Å². The van der Waals surface area contributed by atoms with E-state index in [0.717, 1.165) is 5.56 Å². The van der Waals surface area contributed by atoms with Crippen molar-refractivity contribution in [3.05, 3.63) is 35.9 Å². The molecule has 0 heterocycles. The van der Waals surface area contributed by atoms with E-state index in [0.29, 0.717) is 6.42 Å². The van der Waals surface area contributed by atoms with Crippen molar-refractivity contribution < 1.29 is 4.79 Å². The van der Waals surface area contributed by atoms with Crippen molar-refractivity contribution in [1.82, 2.24) is 0 Å². The second kappa shape index (κ2) is 4.55. The van der Waals surface area contributed by atoms with Gasteiger partial charge < -0.3 is 0 Å². The van der Waals surface area contributed by atoms with Crippen LogP contribution in [0, 0.1) is 0 Å². The van der Waals surface area contributed by atoms with Gasteiger partial charge in [0.05, 0.1) is 0 Å². The molecule has 0 aliphatic carbocycles. The SMILES string of the molecule is C=NC(Cc1ccccc1)C(C)=O. The number of rotatable bonds is 4. The molecule has 0 saturated heterocycles. The van der Waals surface area contributed by atoms with Crippen LogP contribution in [0.15, 0.2) is 35.3 Å². The number of carbonyl (C=O) groups excluding carboxylic acids is 1. The molecular formula is C11H13NO. The van der Waals surface area contributed by atoms with Gasteiger partial charge in [0.1, 0.15) is 6.04 Å². The van der Waals surface area contributed by atoms with Crippen molar-refractivity contribution in [2.45, 2.75) is 19.4 Å². The molecule has 1 rings (SSSR count). The van der Waals surface area contributed by atoms with E-state index in [4.69, 9.17) is 0 Å². The lowest BCUT2D eigenvalue weighted by Crippen LogP contribution is -2.17. The lowest BCUT2D eigenvalue weighted by molar-refractivity contribution is -0.118. The number of benzene rings is 1. The molecule has 0 aromatic heterocycles. The molecule has 1 atom stereocenters. The smallest absolute Gasteiger partial charge is 0.154 e. The third-order valence-electron chi connectivity index (χ3n) is 1.96. The highest BCUT2D eigenvalue weighted by atomic mass is 16.1. The predicted molar refractivity (Wildman–Crippen MR) is 54.2 cm³/mol. The zero-order chi connectivity index (χ0) is 9.68. The fourth-order valence-electron chi connectivity index (χ4n) is 1.17. The second-order valence-corrected chi connectivity index (χ2v) is 3.00. The van der Waals surface area contributed by atoms with Crippen LogP contribution in [-0.2, 0) is 11.2 Å². The summed E-state index contributed by atoms with van der Waals surface area (Å²) >= 11 is 0. The molecule has 13 heavy (non-hydrogen) atoms. The highest BCUT2D eigenvalue weighted by molar-refractivity contribution is 5.82. The van der Waals surface area contributed by atoms with E-state index in [-0.39, 0.29) is 11.8 Å². The van der Waals surface area contributed by atoms with Crippen LogP contribution in [0.3, 0.4) is 0 Å². The summed E-state index contributed by atoms with van der Waals surface area (Å²) in [4.78, 5) is 14.8. The molecule has 2 heteroatoms. The third-order valence-corrected chi connectivity index (χ3v) is 1.96. The Balaban J connectivity index is 2.67. The zero-order valence-corrected chi connectivity index (χ0v) is 7.73. The maximum atomic E-state index is 11.0. The number of Topliss-reactive ketones (excluding diaryl/α,β-unsaturated/α-hetero) is 1. The third kappa shape index (κ3) is 2.82. The fraction of sp³-hybridized carbons (Fsp3) is 0.273. The van der Waals surface area contributed by atoms with Gasteiger partial charge in [-0.2, -0.15) is 0 Å². The first-order chi connectivity index (χ1) is 6.24. The molecule has 0 N–H and O–H groups in total. The van der Waals surface area contributed by atoms with Gasteiger partial charge in [-0.05, 0) is 19.2 Å². The molecule has 0 bridgehead atoms. The summed E-state index contributed by atoms with van der Waals surface area (Å²) in [6.07, 6.45) is 0.652. The molecule has 0 amide bonds. The van der Waals surface area contributed by atoms with Crippen LogP contribution in [0.5, 0.6) is 0 Å². The van der Waals surface area contributed by atoms with E-state index in [2.05, 4.69) is 11.7 Å². The summed E-state index contributed by atoms with van der Waals surface area (Å²) < 4.78 is 0. The summed E-state index contributed by atoms with van der Waals surface area (Å²) in [6, 6.07) is 9.54. The van der Waals surface area contributed by atoms with Crippen LogP contribution >= 0.6 is 0 Å². The van der Waals surface area contributed by atoms with E-state index in [1.54, 1.807) is 6.92 Å². The summed E-state index contributed by atoms with van der Waals surface area (Å²) in [5.41, 5.74) is 1.12. The Morgan fingerprint density at radius 2 is 2.08 bits per heavy atom. The Morgan fingerprint density at radius 1 is 1.46 bits per heavy atom. The number of ketones is 1. The van der Waals surface area contributed by atoms with Crippen molar-refractivity contribution in [3.8, 4) is 0 Å². The van der Waals surface area contributed by atoms with E-state index >= 15 is 0 Å². The van der Waals surface area contributed by atoms with E-state index in [1.807, 2.05) is 30.3 Å². The number of hydrogen-bond acceptors (Lipinski definition) is 2. The quantitative estimate of drug-likeness (QED) is 0.642.